The van der Waals surface area contributed by atoms with Crippen LogP contribution in [-0.2, 0) is 0 Å². The molecule has 0 fully saturated rings. The van der Waals surface area contributed by atoms with E-state index in [1.54, 1.807) is 0 Å². The standard InChI is InChI=1S/C15H21F2NO/c1-2-3-4-5-6-7-10-18-15(19)12-8-9-13(16)14(17)11-12/h8-9,11H,2-7,10H2,1H3,(H,18,19). The Kier molecular flexibility index (Phi) is 7.08. The SMILES string of the molecule is CCCCCCCCNC(=O)c1ccc(F)c(F)c1. The lowest BCUT2D eigenvalue weighted by atomic mass is 10.1. The zero-order chi connectivity index (χ0) is 14.1. The average Bonchev–Trinajstić information content (AvgIpc) is 2.40. The first-order valence-electron chi connectivity index (χ1n) is 6.88. The molecule has 1 amide bonds. The van der Waals surface area contributed by atoms with Gasteiger partial charge in [0, 0.05) is 12.1 Å². The summed E-state index contributed by atoms with van der Waals surface area (Å²) in [5.41, 5.74) is 0.157. The van der Waals surface area contributed by atoms with Gasteiger partial charge in [0.2, 0.25) is 0 Å². The predicted octanol–water partition coefficient (Wildman–Crippen LogP) is 4.06. The molecule has 0 atom stereocenters. The van der Waals surface area contributed by atoms with Crippen molar-refractivity contribution in [2.45, 2.75) is 45.4 Å². The molecule has 1 aromatic carbocycles. The minimum atomic E-state index is -0.993. The summed E-state index contributed by atoms with van der Waals surface area (Å²) in [7, 11) is 0. The number of carbonyl (C=O) groups is 1. The summed E-state index contributed by atoms with van der Waals surface area (Å²) >= 11 is 0. The molecule has 0 saturated heterocycles. The summed E-state index contributed by atoms with van der Waals surface area (Å²) in [6.07, 6.45) is 6.87. The van der Waals surface area contributed by atoms with Gasteiger partial charge in [0.15, 0.2) is 11.6 Å². The zero-order valence-electron chi connectivity index (χ0n) is 11.3. The number of hydrogen-bond acceptors (Lipinski definition) is 1. The predicted molar refractivity (Wildman–Crippen MR) is 72.1 cm³/mol. The van der Waals surface area contributed by atoms with Crippen molar-refractivity contribution in [2.75, 3.05) is 6.54 Å². The van der Waals surface area contributed by atoms with E-state index in [2.05, 4.69) is 12.2 Å². The molecule has 0 aromatic heterocycles. The van der Waals surface area contributed by atoms with E-state index < -0.39 is 11.6 Å². The highest BCUT2D eigenvalue weighted by Crippen LogP contribution is 2.09. The van der Waals surface area contributed by atoms with Crippen molar-refractivity contribution >= 4 is 5.91 Å². The third kappa shape index (κ3) is 5.81. The van der Waals surface area contributed by atoms with Crippen LogP contribution < -0.4 is 5.32 Å². The molecule has 0 unspecified atom stereocenters. The number of unbranched alkanes of at least 4 members (excludes halogenated alkanes) is 5. The van der Waals surface area contributed by atoms with Gasteiger partial charge in [-0.15, -0.1) is 0 Å². The maximum atomic E-state index is 12.9. The summed E-state index contributed by atoms with van der Waals surface area (Å²) < 4.78 is 25.7. The van der Waals surface area contributed by atoms with E-state index in [9.17, 15) is 13.6 Å². The molecule has 19 heavy (non-hydrogen) atoms. The zero-order valence-corrected chi connectivity index (χ0v) is 11.3. The van der Waals surface area contributed by atoms with E-state index in [-0.39, 0.29) is 11.5 Å². The molecule has 0 bridgehead atoms. The van der Waals surface area contributed by atoms with Crippen molar-refractivity contribution in [2.24, 2.45) is 0 Å². The molecule has 1 N–H and O–H groups in total. The smallest absolute Gasteiger partial charge is 0.251 e. The lowest BCUT2D eigenvalue weighted by Gasteiger charge is -2.05. The molecule has 0 aliphatic rings. The Hall–Kier alpha value is -1.45. The van der Waals surface area contributed by atoms with E-state index in [1.807, 2.05) is 0 Å². The highest BCUT2D eigenvalue weighted by molar-refractivity contribution is 5.94. The molecule has 106 valence electrons. The van der Waals surface area contributed by atoms with Gasteiger partial charge in [-0.1, -0.05) is 39.0 Å². The van der Waals surface area contributed by atoms with E-state index in [1.165, 1.54) is 31.7 Å². The first kappa shape index (κ1) is 15.6. The molecule has 1 aromatic rings. The second-order valence-corrected chi connectivity index (χ2v) is 4.65. The van der Waals surface area contributed by atoms with Gasteiger partial charge in [-0.3, -0.25) is 4.79 Å². The molecule has 0 aliphatic carbocycles. The quantitative estimate of drug-likeness (QED) is 0.709. The number of carbonyl (C=O) groups excluding carboxylic acids is 1. The molecule has 0 radical (unpaired) electrons. The van der Waals surface area contributed by atoms with Crippen LogP contribution >= 0.6 is 0 Å². The first-order valence-corrected chi connectivity index (χ1v) is 6.88. The topological polar surface area (TPSA) is 29.1 Å². The fraction of sp³-hybridized carbons (Fsp3) is 0.533. The molecule has 0 heterocycles. The second-order valence-electron chi connectivity index (χ2n) is 4.65. The van der Waals surface area contributed by atoms with Crippen LogP contribution in [0.25, 0.3) is 0 Å². The van der Waals surface area contributed by atoms with Gasteiger partial charge < -0.3 is 5.32 Å². The fourth-order valence-electron chi connectivity index (χ4n) is 1.85. The Morgan fingerprint density at radius 3 is 2.42 bits per heavy atom. The number of hydrogen-bond donors (Lipinski definition) is 1. The van der Waals surface area contributed by atoms with E-state index in [4.69, 9.17) is 0 Å². The molecule has 0 spiro atoms. The minimum Gasteiger partial charge on any atom is -0.352 e. The largest absolute Gasteiger partial charge is 0.352 e. The van der Waals surface area contributed by atoms with E-state index >= 15 is 0 Å². The lowest BCUT2D eigenvalue weighted by Crippen LogP contribution is -2.24. The van der Waals surface area contributed by atoms with Gasteiger partial charge in [-0.05, 0) is 24.6 Å². The van der Waals surface area contributed by atoms with E-state index in [0.717, 1.165) is 25.0 Å². The van der Waals surface area contributed by atoms with Crippen LogP contribution in [0.3, 0.4) is 0 Å². The van der Waals surface area contributed by atoms with Crippen molar-refractivity contribution in [1.29, 1.82) is 0 Å². The monoisotopic (exact) mass is 269 g/mol. The van der Waals surface area contributed by atoms with E-state index in [0.29, 0.717) is 6.54 Å². The number of rotatable bonds is 8. The van der Waals surface area contributed by atoms with Crippen LogP contribution in [0.15, 0.2) is 18.2 Å². The van der Waals surface area contributed by atoms with Gasteiger partial charge >= 0.3 is 0 Å². The molecule has 4 heteroatoms. The van der Waals surface area contributed by atoms with Gasteiger partial charge in [0.05, 0.1) is 0 Å². The highest BCUT2D eigenvalue weighted by Gasteiger charge is 2.08. The minimum absolute atomic E-state index is 0.157. The fourth-order valence-corrected chi connectivity index (χ4v) is 1.85. The number of halogens is 2. The van der Waals surface area contributed by atoms with Crippen LogP contribution in [0, 0.1) is 11.6 Å². The number of benzene rings is 1. The molecule has 2 nitrogen and oxygen atoms in total. The maximum absolute atomic E-state index is 12.9. The Labute approximate surface area is 113 Å². The summed E-state index contributed by atoms with van der Waals surface area (Å²) in [5.74, 6) is -2.29. The van der Waals surface area contributed by atoms with Gasteiger partial charge in [0.25, 0.3) is 5.91 Å². The Bertz CT molecular complexity index is 407. The van der Waals surface area contributed by atoms with Crippen molar-refractivity contribution in [3.63, 3.8) is 0 Å². The van der Waals surface area contributed by atoms with Crippen molar-refractivity contribution < 1.29 is 13.6 Å². The van der Waals surface area contributed by atoms with Gasteiger partial charge in [-0.2, -0.15) is 0 Å². The maximum Gasteiger partial charge on any atom is 0.251 e. The molecular weight excluding hydrogens is 248 g/mol. The Morgan fingerprint density at radius 1 is 1.05 bits per heavy atom. The summed E-state index contributed by atoms with van der Waals surface area (Å²) in [6.45, 7) is 2.74. The third-order valence-corrected chi connectivity index (χ3v) is 3.00. The average molecular weight is 269 g/mol. The first-order chi connectivity index (χ1) is 9.15. The van der Waals surface area contributed by atoms with Crippen LogP contribution in [0.1, 0.15) is 55.8 Å². The summed E-state index contributed by atoms with van der Waals surface area (Å²) in [6, 6.07) is 3.18. The van der Waals surface area contributed by atoms with Crippen molar-refractivity contribution in [1.82, 2.24) is 5.32 Å². The van der Waals surface area contributed by atoms with Crippen molar-refractivity contribution in [3.05, 3.63) is 35.4 Å². The summed E-state index contributed by atoms with van der Waals surface area (Å²) in [4.78, 5) is 11.6. The van der Waals surface area contributed by atoms with Crippen molar-refractivity contribution in [3.8, 4) is 0 Å². The van der Waals surface area contributed by atoms with Gasteiger partial charge in [-0.25, -0.2) is 8.78 Å². The lowest BCUT2D eigenvalue weighted by molar-refractivity contribution is 0.0952. The number of amides is 1. The molecular formula is C15H21F2NO. The Balaban J connectivity index is 2.22. The third-order valence-electron chi connectivity index (χ3n) is 3.00. The number of nitrogens with one attached hydrogen (secondary N) is 1. The summed E-state index contributed by atoms with van der Waals surface area (Å²) in [5, 5.41) is 2.71. The van der Waals surface area contributed by atoms with Crippen LogP contribution in [0.2, 0.25) is 0 Å². The van der Waals surface area contributed by atoms with Gasteiger partial charge in [0.1, 0.15) is 0 Å². The van der Waals surface area contributed by atoms with Crippen LogP contribution in [0.4, 0.5) is 8.78 Å². The Morgan fingerprint density at radius 2 is 1.74 bits per heavy atom. The van der Waals surface area contributed by atoms with Crippen LogP contribution in [0.5, 0.6) is 0 Å². The molecule has 1 rings (SSSR count). The normalized spacial score (nSPS) is 10.5. The molecule has 0 saturated carbocycles. The second kappa shape index (κ2) is 8.62. The van der Waals surface area contributed by atoms with Crippen LogP contribution in [-0.4, -0.2) is 12.5 Å². The molecule has 0 aliphatic heterocycles. The highest BCUT2D eigenvalue weighted by atomic mass is 19.2.